The molecule has 1 fully saturated rings. The second-order valence-electron chi connectivity index (χ2n) is 5.25. The number of hydrogen-bond acceptors (Lipinski definition) is 2. The van der Waals surface area contributed by atoms with Crippen molar-refractivity contribution in [3.05, 3.63) is 35.6 Å². The van der Waals surface area contributed by atoms with Gasteiger partial charge in [0.05, 0.1) is 5.92 Å². The van der Waals surface area contributed by atoms with E-state index < -0.39 is 17.9 Å². The van der Waals surface area contributed by atoms with Gasteiger partial charge in [0.25, 0.3) is 0 Å². The van der Waals surface area contributed by atoms with Crippen LogP contribution in [-0.2, 0) is 11.3 Å². The van der Waals surface area contributed by atoms with Gasteiger partial charge in [-0.1, -0.05) is 31.0 Å². The molecule has 0 heterocycles. The van der Waals surface area contributed by atoms with E-state index in [0.717, 1.165) is 12.8 Å². The lowest BCUT2D eigenvalue weighted by Gasteiger charge is -2.29. The molecular weight excluding hydrogens is 275 g/mol. The van der Waals surface area contributed by atoms with Crippen molar-refractivity contribution in [1.82, 2.24) is 10.6 Å². The normalized spacial score (nSPS) is 21.6. The van der Waals surface area contributed by atoms with E-state index in [2.05, 4.69) is 10.6 Å². The highest BCUT2D eigenvalue weighted by molar-refractivity contribution is 5.76. The molecule has 21 heavy (non-hydrogen) atoms. The second kappa shape index (κ2) is 7.06. The van der Waals surface area contributed by atoms with Crippen LogP contribution in [0, 0.1) is 11.7 Å². The summed E-state index contributed by atoms with van der Waals surface area (Å²) >= 11 is 0. The molecule has 1 saturated carbocycles. The van der Waals surface area contributed by atoms with Gasteiger partial charge < -0.3 is 15.7 Å². The molecule has 0 radical (unpaired) electrons. The van der Waals surface area contributed by atoms with Crippen molar-refractivity contribution in [3.8, 4) is 0 Å². The van der Waals surface area contributed by atoms with Crippen LogP contribution in [0.3, 0.4) is 0 Å². The smallest absolute Gasteiger partial charge is 0.315 e. The summed E-state index contributed by atoms with van der Waals surface area (Å²) in [5, 5.41) is 14.4. The highest BCUT2D eigenvalue weighted by atomic mass is 19.1. The van der Waals surface area contributed by atoms with E-state index in [1.807, 2.05) is 0 Å². The van der Waals surface area contributed by atoms with Crippen LogP contribution >= 0.6 is 0 Å². The number of hydrogen-bond donors (Lipinski definition) is 3. The van der Waals surface area contributed by atoms with Crippen LogP contribution in [0.25, 0.3) is 0 Å². The number of carbonyl (C=O) groups is 2. The number of carboxylic acids is 1. The average molecular weight is 294 g/mol. The van der Waals surface area contributed by atoms with E-state index >= 15 is 0 Å². The number of halogens is 1. The van der Waals surface area contributed by atoms with Gasteiger partial charge in [-0.2, -0.15) is 0 Å². The SMILES string of the molecule is O=C(NCc1ccccc1F)NC1CCCCC1C(=O)O. The molecule has 0 aromatic heterocycles. The Morgan fingerprint density at radius 2 is 1.95 bits per heavy atom. The average Bonchev–Trinajstić information content (AvgIpc) is 2.47. The van der Waals surface area contributed by atoms with Crippen LogP contribution in [0.15, 0.2) is 24.3 Å². The van der Waals surface area contributed by atoms with Gasteiger partial charge in [-0.05, 0) is 18.9 Å². The Morgan fingerprint density at radius 1 is 1.24 bits per heavy atom. The zero-order chi connectivity index (χ0) is 15.2. The number of aliphatic carboxylic acids is 1. The molecule has 1 aliphatic carbocycles. The third-order valence-corrected chi connectivity index (χ3v) is 3.80. The van der Waals surface area contributed by atoms with Crippen molar-refractivity contribution < 1.29 is 19.1 Å². The Kier molecular flexibility index (Phi) is 5.14. The molecule has 2 unspecified atom stereocenters. The van der Waals surface area contributed by atoms with Crippen molar-refractivity contribution in [3.63, 3.8) is 0 Å². The van der Waals surface area contributed by atoms with Crippen molar-refractivity contribution >= 4 is 12.0 Å². The lowest BCUT2D eigenvalue weighted by Crippen LogP contribution is -2.48. The fraction of sp³-hybridized carbons (Fsp3) is 0.467. The lowest BCUT2D eigenvalue weighted by atomic mass is 9.84. The van der Waals surface area contributed by atoms with Gasteiger partial charge in [-0.25, -0.2) is 9.18 Å². The van der Waals surface area contributed by atoms with Gasteiger partial charge >= 0.3 is 12.0 Å². The Bertz CT molecular complexity index is 521. The summed E-state index contributed by atoms with van der Waals surface area (Å²) in [4.78, 5) is 23.0. The largest absolute Gasteiger partial charge is 0.481 e. The zero-order valence-electron chi connectivity index (χ0n) is 11.6. The zero-order valence-corrected chi connectivity index (χ0v) is 11.6. The predicted molar refractivity (Wildman–Crippen MR) is 75.2 cm³/mol. The number of urea groups is 1. The number of rotatable bonds is 4. The molecule has 3 N–H and O–H groups in total. The monoisotopic (exact) mass is 294 g/mol. The Morgan fingerprint density at radius 3 is 2.67 bits per heavy atom. The third kappa shape index (κ3) is 4.18. The molecule has 2 rings (SSSR count). The van der Waals surface area contributed by atoms with Gasteiger partial charge in [0.15, 0.2) is 0 Å². The summed E-state index contributed by atoms with van der Waals surface area (Å²) in [5.41, 5.74) is 0.395. The molecule has 2 amide bonds. The number of carboxylic acid groups (broad SMARTS) is 1. The molecule has 0 spiro atoms. The van der Waals surface area contributed by atoms with Crippen molar-refractivity contribution in [2.45, 2.75) is 38.3 Å². The molecule has 1 aromatic rings. The molecule has 2 atom stereocenters. The minimum absolute atomic E-state index is 0.0724. The van der Waals surface area contributed by atoms with Crippen molar-refractivity contribution in [2.24, 2.45) is 5.92 Å². The number of carbonyl (C=O) groups excluding carboxylic acids is 1. The van der Waals surface area contributed by atoms with E-state index in [0.29, 0.717) is 18.4 Å². The summed E-state index contributed by atoms with van der Waals surface area (Å²) in [6, 6.07) is 5.37. The van der Waals surface area contributed by atoms with Crippen LogP contribution < -0.4 is 10.6 Å². The van der Waals surface area contributed by atoms with Gasteiger partial charge in [0.1, 0.15) is 5.82 Å². The summed E-state index contributed by atoms with van der Waals surface area (Å²) < 4.78 is 13.4. The van der Waals surface area contributed by atoms with Crippen molar-refractivity contribution in [2.75, 3.05) is 0 Å². The first kappa shape index (κ1) is 15.3. The molecule has 1 aromatic carbocycles. The van der Waals surface area contributed by atoms with Crippen molar-refractivity contribution in [1.29, 1.82) is 0 Å². The molecule has 1 aliphatic rings. The molecule has 0 saturated heterocycles. The minimum atomic E-state index is -0.880. The number of nitrogens with one attached hydrogen (secondary N) is 2. The van der Waals surface area contributed by atoms with Crippen LogP contribution in [-0.4, -0.2) is 23.1 Å². The predicted octanol–water partition coefficient (Wildman–Crippen LogP) is 2.27. The topological polar surface area (TPSA) is 78.4 Å². The van der Waals surface area contributed by atoms with E-state index in [-0.39, 0.29) is 18.4 Å². The van der Waals surface area contributed by atoms with Crippen LogP contribution in [0.2, 0.25) is 0 Å². The molecular formula is C15H19FN2O3. The first-order valence-corrected chi connectivity index (χ1v) is 7.08. The summed E-state index contributed by atoms with van der Waals surface area (Å²) in [7, 11) is 0. The lowest BCUT2D eigenvalue weighted by molar-refractivity contribution is -0.143. The summed E-state index contributed by atoms with van der Waals surface area (Å²) in [6.07, 6.45) is 3.01. The first-order chi connectivity index (χ1) is 10.1. The van der Waals surface area contributed by atoms with E-state index in [4.69, 9.17) is 5.11 Å². The fourth-order valence-corrected chi connectivity index (χ4v) is 2.64. The molecule has 114 valence electrons. The fourth-order valence-electron chi connectivity index (χ4n) is 2.64. The third-order valence-electron chi connectivity index (χ3n) is 3.80. The highest BCUT2D eigenvalue weighted by Gasteiger charge is 2.31. The van der Waals surface area contributed by atoms with E-state index in [1.165, 1.54) is 6.07 Å². The van der Waals surface area contributed by atoms with Crippen LogP contribution in [0.4, 0.5) is 9.18 Å². The van der Waals surface area contributed by atoms with E-state index in [1.54, 1.807) is 18.2 Å². The highest BCUT2D eigenvalue weighted by Crippen LogP contribution is 2.24. The molecule has 6 heteroatoms. The molecule has 0 bridgehead atoms. The Labute approximate surface area is 122 Å². The van der Waals surface area contributed by atoms with Crippen LogP contribution in [0.1, 0.15) is 31.2 Å². The maximum Gasteiger partial charge on any atom is 0.315 e. The Hall–Kier alpha value is -2.11. The van der Waals surface area contributed by atoms with E-state index in [9.17, 15) is 14.0 Å². The van der Waals surface area contributed by atoms with Gasteiger partial charge in [0.2, 0.25) is 0 Å². The van der Waals surface area contributed by atoms with Gasteiger partial charge in [0, 0.05) is 18.2 Å². The van der Waals surface area contributed by atoms with Gasteiger partial charge in [-0.3, -0.25) is 4.79 Å². The summed E-state index contributed by atoms with van der Waals surface area (Å²) in [6.45, 7) is 0.0724. The quantitative estimate of drug-likeness (QED) is 0.797. The van der Waals surface area contributed by atoms with Crippen LogP contribution in [0.5, 0.6) is 0 Å². The maximum atomic E-state index is 13.4. The number of benzene rings is 1. The standard InChI is InChI=1S/C15H19FN2O3/c16-12-7-3-1-5-10(12)9-17-15(21)18-13-8-4-2-6-11(13)14(19)20/h1,3,5,7,11,13H,2,4,6,8-9H2,(H,19,20)(H2,17,18,21). The first-order valence-electron chi connectivity index (χ1n) is 7.08. The number of amides is 2. The second-order valence-corrected chi connectivity index (χ2v) is 5.25. The van der Waals surface area contributed by atoms with Gasteiger partial charge in [-0.15, -0.1) is 0 Å². The molecule has 0 aliphatic heterocycles. The minimum Gasteiger partial charge on any atom is -0.481 e. The summed E-state index contributed by atoms with van der Waals surface area (Å²) in [5.74, 6) is -1.80. The Balaban J connectivity index is 1.86. The molecule has 5 nitrogen and oxygen atoms in total. The maximum absolute atomic E-state index is 13.4.